The van der Waals surface area contributed by atoms with Crippen LogP contribution in [0.2, 0.25) is 0 Å². The van der Waals surface area contributed by atoms with Gasteiger partial charge in [-0.3, -0.25) is 4.90 Å². The molecular weight excluding hydrogens is 240 g/mol. The molecule has 1 aromatic carbocycles. The monoisotopic (exact) mass is 260 g/mol. The molecule has 4 nitrogen and oxygen atoms in total. The lowest BCUT2D eigenvalue weighted by Crippen LogP contribution is -2.25. The number of anilines is 1. The van der Waals surface area contributed by atoms with E-state index in [2.05, 4.69) is 10.2 Å². The minimum atomic E-state index is -0.212. The van der Waals surface area contributed by atoms with Gasteiger partial charge in [0.15, 0.2) is 0 Å². The summed E-state index contributed by atoms with van der Waals surface area (Å²) in [4.78, 5) is 14.3. The van der Waals surface area contributed by atoms with Gasteiger partial charge in [-0.15, -0.1) is 0 Å². The van der Waals surface area contributed by atoms with Crippen molar-refractivity contribution in [3.05, 3.63) is 29.3 Å². The molecule has 19 heavy (non-hydrogen) atoms. The second-order valence-electron chi connectivity index (χ2n) is 5.23. The van der Waals surface area contributed by atoms with Crippen LogP contribution in [-0.4, -0.2) is 43.7 Å². The van der Waals surface area contributed by atoms with Crippen molar-refractivity contribution in [2.24, 2.45) is 0 Å². The molecule has 0 saturated carbocycles. The predicted molar refractivity (Wildman–Crippen MR) is 74.6 cm³/mol. The molecule has 1 N–H and O–H groups in total. The highest BCUT2D eigenvalue weighted by molar-refractivity contribution is 5.91. The lowest BCUT2D eigenvalue weighted by atomic mass is 10.1. The molecule has 0 atom stereocenters. The van der Waals surface area contributed by atoms with Gasteiger partial charge in [0, 0.05) is 18.8 Å². The number of nitrogens with one attached hydrogen (secondary N) is 1. The molecule has 1 saturated heterocycles. The molecule has 0 spiro atoms. The fourth-order valence-electron chi connectivity index (χ4n) is 2.77. The zero-order valence-corrected chi connectivity index (χ0v) is 11.2. The number of hydrogen-bond donors (Lipinski definition) is 1. The van der Waals surface area contributed by atoms with Crippen molar-refractivity contribution in [3.8, 4) is 0 Å². The zero-order chi connectivity index (χ0) is 13.1. The first-order chi connectivity index (χ1) is 9.33. The van der Waals surface area contributed by atoms with Crippen molar-refractivity contribution in [3.63, 3.8) is 0 Å². The lowest BCUT2D eigenvalue weighted by molar-refractivity contribution is 0.0472. The topological polar surface area (TPSA) is 41.6 Å². The molecule has 1 aromatic rings. The fraction of sp³-hybridized carbons (Fsp3) is 0.533. The normalized spacial score (nSPS) is 18.1. The Morgan fingerprint density at radius 3 is 3.00 bits per heavy atom. The molecule has 3 rings (SSSR count). The number of ether oxygens (including phenoxy) is 1. The molecule has 0 aliphatic carbocycles. The van der Waals surface area contributed by atoms with Crippen molar-refractivity contribution < 1.29 is 9.53 Å². The molecule has 1 fully saturated rings. The van der Waals surface area contributed by atoms with E-state index in [-0.39, 0.29) is 5.97 Å². The maximum Gasteiger partial charge on any atom is 0.338 e. The molecule has 0 aromatic heterocycles. The summed E-state index contributed by atoms with van der Waals surface area (Å²) in [5.74, 6) is -0.212. The van der Waals surface area contributed by atoms with Crippen LogP contribution in [0.25, 0.3) is 0 Å². The van der Waals surface area contributed by atoms with Crippen molar-refractivity contribution in [2.75, 3.05) is 38.1 Å². The average molecular weight is 260 g/mol. The third-order valence-electron chi connectivity index (χ3n) is 3.89. The number of esters is 1. The Morgan fingerprint density at radius 1 is 1.32 bits per heavy atom. The number of carbonyl (C=O) groups is 1. The summed E-state index contributed by atoms with van der Waals surface area (Å²) < 4.78 is 5.34. The summed E-state index contributed by atoms with van der Waals surface area (Å²) in [6.07, 6.45) is 3.58. The number of hydrogen-bond acceptors (Lipinski definition) is 4. The van der Waals surface area contributed by atoms with E-state index >= 15 is 0 Å². The number of fused-ring (bicyclic) bond motifs is 1. The summed E-state index contributed by atoms with van der Waals surface area (Å²) in [5, 5.41) is 3.28. The molecule has 0 amide bonds. The Balaban J connectivity index is 1.52. The Kier molecular flexibility index (Phi) is 3.69. The Hall–Kier alpha value is -1.55. The van der Waals surface area contributed by atoms with Gasteiger partial charge >= 0.3 is 5.97 Å². The first-order valence-corrected chi connectivity index (χ1v) is 7.09. The molecule has 2 aliphatic rings. The number of rotatable bonds is 4. The first kappa shape index (κ1) is 12.5. The average Bonchev–Trinajstić information content (AvgIpc) is 3.08. The summed E-state index contributed by atoms with van der Waals surface area (Å²) in [6, 6.07) is 5.79. The predicted octanol–water partition coefficient (Wildman–Crippen LogP) is 1.91. The largest absolute Gasteiger partial charge is 0.461 e. The summed E-state index contributed by atoms with van der Waals surface area (Å²) in [5.41, 5.74) is 3.01. The molecule has 0 bridgehead atoms. The highest BCUT2D eigenvalue weighted by Gasteiger charge is 2.15. The molecular formula is C15H20N2O2. The first-order valence-electron chi connectivity index (χ1n) is 7.09. The van der Waals surface area contributed by atoms with Gasteiger partial charge in [-0.1, -0.05) is 6.07 Å². The second-order valence-corrected chi connectivity index (χ2v) is 5.23. The minimum absolute atomic E-state index is 0.212. The summed E-state index contributed by atoms with van der Waals surface area (Å²) >= 11 is 0. The smallest absolute Gasteiger partial charge is 0.338 e. The van der Waals surface area contributed by atoms with Crippen LogP contribution in [0.4, 0.5) is 5.69 Å². The van der Waals surface area contributed by atoms with Gasteiger partial charge in [-0.25, -0.2) is 4.79 Å². The summed E-state index contributed by atoms with van der Waals surface area (Å²) in [7, 11) is 0. The van der Waals surface area contributed by atoms with Crippen molar-refractivity contribution in [1.82, 2.24) is 4.90 Å². The minimum Gasteiger partial charge on any atom is -0.461 e. The molecule has 0 unspecified atom stereocenters. The third kappa shape index (κ3) is 2.89. The van der Waals surface area contributed by atoms with Crippen LogP contribution in [0, 0.1) is 0 Å². The Morgan fingerprint density at radius 2 is 2.16 bits per heavy atom. The number of nitrogens with zero attached hydrogens (tertiary/aromatic N) is 1. The van der Waals surface area contributed by atoms with Gasteiger partial charge in [0.25, 0.3) is 0 Å². The highest BCUT2D eigenvalue weighted by Crippen LogP contribution is 2.23. The molecule has 2 heterocycles. The number of benzene rings is 1. The number of likely N-dealkylation sites (tertiary alicyclic amines) is 1. The van der Waals surface area contributed by atoms with E-state index in [1.807, 2.05) is 18.2 Å². The van der Waals surface area contributed by atoms with E-state index in [0.29, 0.717) is 12.2 Å². The Labute approximate surface area is 113 Å². The van der Waals surface area contributed by atoms with E-state index < -0.39 is 0 Å². The third-order valence-corrected chi connectivity index (χ3v) is 3.89. The van der Waals surface area contributed by atoms with Crippen LogP contribution in [-0.2, 0) is 11.2 Å². The van der Waals surface area contributed by atoms with E-state index in [9.17, 15) is 4.79 Å². The van der Waals surface area contributed by atoms with Crippen LogP contribution in [0.1, 0.15) is 28.8 Å². The van der Waals surface area contributed by atoms with Gasteiger partial charge in [0.2, 0.25) is 0 Å². The van der Waals surface area contributed by atoms with Crippen LogP contribution in [0.3, 0.4) is 0 Å². The van der Waals surface area contributed by atoms with Gasteiger partial charge in [0.05, 0.1) is 5.56 Å². The van der Waals surface area contributed by atoms with Crippen LogP contribution in [0.15, 0.2) is 18.2 Å². The van der Waals surface area contributed by atoms with Gasteiger partial charge in [-0.2, -0.15) is 0 Å². The van der Waals surface area contributed by atoms with Crippen LogP contribution < -0.4 is 5.32 Å². The Bertz CT molecular complexity index is 467. The van der Waals surface area contributed by atoms with Gasteiger partial charge in [0.1, 0.15) is 6.61 Å². The van der Waals surface area contributed by atoms with E-state index in [1.54, 1.807) is 0 Å². The SMILES string of the molecule is O=C(OCCN1CCCC1)c1ccc2c(c1)NCC2. The maximum absolute atomic E-state index is 11.9. The van der Waals surface area contributed by atoms with Gasteiger partial charge < -0.3 is 10.1 Å². The maximum atomic E-state index is 11.9. The highest BCUT2D eigenvalue weighted by atomic mass is 16.5. The zero-order valence-electron chi connectivity index (χ0n) is 11.2. The number of carbonyl (C=O) groups excluding carboxylic acids is 1. The molecule has 4 heteroatoms. The van der Waals surface area contributed by atoms with Crippen molar-refractivity contribution in [2.45, 2.75) is 19.3 Å². The molecule has 0 radical (unpaired) electrons. The van der Waals surface area contributed by atoms with E-state index in [1.165, 1.54) is 18.4 Å². The van der Waals surface area contributed by atoms with E-state index in [0.717, 1.165) is 38.3 Å². The molecule has 102 valence electrons. The van der Waals surface area contributed by atoms with E-state index in [4.69, 9.17) is 4.74 Å². The van der Waals surface area contributed by atoms with Crippen molar-refractivity contribution >= 4 is 11.7 Å². The van der Waals surface area contributed by atoms with Gasteiger partial charge in [-0.05, 0) is 50.0 Å². The van der Waals surface area contributed by atoms with Crippen molar-refractivity contribution in [1.29, 1.82) is 0 Å². The second kappa shape index (κ2) is 5.61. The summed E-state index contributed by atoms with van der Waals surface area (Å²) in [6.45, 7) is 4.59. The quantitative estimate of drug-likeness (QED) is 0.840. The standard InChI is InChI=1S/C15H20N2O2/c18-15(19-10-9-17-7-1-2-8-17)13-4-3-12-5-6-16-14(12)11-13/h3-4,11,16H,1-2,5-10H2. The van der Waals surface area contributed by atoms with Crippen LogP contribution in [0.5, 0.6) is 0 Å². The lowest BCUT2D eigenvalue weighted by Gasteiger charge is -2.14. The fourth-order valence-corrected chi connectivity index (χ4v) is 2.77. The molecule has 2 aliphatic heterocycles. The van der Waals surface area contributed by atoms with Crippen LogP contribution >= 0.6 is 0 Å².